The first-order chi connectivity index (χ1) is 8.80. The molecule has 0 aromatic carbocycles. The zero-order valence-corrected chi connectivity index (χ0v) is 11.3. The van der Waals surface area contributed by atoms with Crippen molar-refractivity contribution in [2.45, 2.75) is 43.9 Å². The Morgan fingerprint density at radius 1 is 1.42 bits per heavy atom. The van der Waals surface area contributed by atoms with E-state index in [4.69, 9.17) is 14.9 Å². The highest BCUT2D eigenvalue weighted by molar-refractivity contribution is 7.52. The van der Waals surface area contributed by atoms with Gasteiger partial charge in [0, 0.05) is 6.42 Å². The van der Waals surface area contributed by atoms with Crippen molar-refractivity contribution >= 4 is 19.5 Å². The lowest BCUT2D eigenvalue weighted by molar-refractivity contribution is -0.137. The minimum Gasteiger partial charge on any atom is -0.481 e. The summed E-state index contributed by atoms with van der Waals surface area (Å²) in [6, 6.07) is -0.423. The second-order valence-corrected chi connectivity index (χ2v) is 6.35. The number of nitrogens with one attached hydrogen (secondary N) is 2. The summed E-state index contributed by atoms with van der Waals surface area (Å²) in [5.41, 5.74) is 0. The minimum atomic E-state index is -4.48. The third-order valence-corrected chi connectivity index (χ3v) is 4.16. The van der Waals surface area contributed by atoms with Crippen LogP contribution >= 0.6 is 7.60 Å². The molecule has 0 bridgehead atoms. The Labute approximate surface area is 110 Å². The van der Waals surface area contributed by atoms with Gasteiger partial charge < -0.3 is 25.5 Å². The number of rotatable bonds is 7. The Kier molecular flexibility index (Phi) is 5.93. The molecule has 1 saturated heterocycles. The number of hydrogen-bond acceptors (Lipinski definition) is 4. The molecule has 8 nitrogen and oxygen atoms in total. The average Bonchev–Trinajstić information content (AvgIpc) is 2.79. The fourth-order valence-electron chi connectivity index (χ4n) is 1.94. The molecule has 1 fully saturated rings. The summed E-state index contributed by atoms with van der Waals surface area (Å²) in [7, 11) is -4.48. The van der Waals surface area contributed by atoms with Crippen molar-refractivity contribution in [2.24, 2.45) is 0 Å². The predicted octanol–water partition coefficient (Wildman–Crippen LogP) is -0.387. The van der Waals surface area contributed by atoms with Gasteiger partial charge in [-0.05, 0) is 32.2 Å². The summed E-state index contributed by atoms with van der Waals surface area (Å²) in [5.74, 6) is -2.80. The first kappa shape index (κ1) is 16.1. The van der Waals surface area contributed by atoms with Crippen molar-refractivity contribution in [3.05, 3.63) is 0 Å². The standard InChI is InChI=1S/C10H19N2O6P/c13-9(14)5-1-4-8(19(16,17)18)12-10(15)7-3-2-6-11-7/h7-8,11H,1-6H2,(H,12,15)(H,13,14)(H2,16,17,18)/t7-,8?/m0/s1. The van der Waals surface area contributed by atoms with E-state index >= 15 is 0 Å². The lowest BCUT2D eigenvalue weighted by atomic mass is 10.2. The van der Waals surface area contributed by atoms with Gasteiger partial charge in [-0.25, -0.2) is 0 Å². The average molecular weight is 294 g/mol. The Morgan fingerprint density at radius 3 is 2.58 bits per heavy atom. The van der Waals surface area contributed by atoms with Gasteiger partial charge in [-0.1, -0.05) is 0 Å². The van der Waals surface area contributed by atoms with E-state index in [1.807, 2.05) is 0 Å². The van der Waals surface area contributed by atoms with Gasteiger partial charge in [0.2, 0.25) is 5.91 Å². The van der Waals surface area contributed by atoms with E-state index in [-0.39, 0.29) is 19.3 Å². The van der Waals surface area contributed by atoms with E-state index in [1.54, 1.807) is 0 Å². The van der Waals surface area contributed by atoms with Crippen LogP contribution in [0.15, 0.2) is 0 Å². The number of hydrogen-bond donors (Lipinski definition) is 5. The van der Waals surface area contributed by atoms with Crippen LogP contribution < -0.4 is 10.6 Å². The van der Waals surface area contributed by atoms with Crippen molar-refractivity contribution in [3.8, 4) is 0 Å². The fraction of sp³-hybridized carbons (Fsp3) is 0.800. The van der Waals surface area contributed by atoms with Crippen molar-refractivity contribution in [2.75, 3.05) is 6.54 Å². The molecular weight excluding hydrogens is 275 g/mol. The number of aliphatic carboxylic acids is 1. The smallest absolute Gasteiger partial charge is 0.347 e. The van der Waals surface area contributed by atoms with Crippen molar-refractivity contribution in [1.82, 2.24) is 10.6 Å². The van der Waals surface area contributed by atoms with E-state index < -0.39 is 31.3 Å². The molecule has 0 aromatic heterocycles. The van der Waals surface area contributed by atoms with Crippen molar-refractivity contribution < 1.29 is 29.0 Å². The Balaban J connectivity index is 2.51. The quantitative estimate of drug-likeness (QED) is 0.403. The van der Waals surface area contributed by atoms with Crippen LogP contribution in [0, 0.1) is 0 Å². The van der Waals surface area contributed by atoms with Crippen LogP contribution in [0.4, 0.5) is 0 Å². The zero-order valence-electron chi connectivity index (χ0n) is 10.4. The topological polar surface area (TPSA) is 136 Å². The number of carboxylic acid groups (broad SMARTS) is 1. The Hall–Kier alpha value is -0.950. The number of amides is 1. The van der Waals surface area contributed by atoms with Crippen LogP contribution in [0.3, 0.4) is 0 Å². The van der Waals surface area contributed by atoms with E-state index in [0.29, 0.717) is 13.0 Å². The lowest BCUT2D eigenvalue weighted by Gasteiger charge is -2.21. The van der Waals surface area contributed by atoms with Crippen LogP contribution in [-0.4, -0.2) is 45.1 Å². The van der Waals surface area contributed by atoms with Gasteiger partial charge in [-0.15, -0.1) is 0 Å². The lowest BCUT2D eigenvalue weighted by Crippen LogP contribution is -2.45. The molecule has 9 heteroatoms. The van der Waals surface area contributed by atoms with Gasteiger partial charge in [0.15, 0.2) is 0 Å². The summed E-state index contributed by atoms with van der Waals surface area (Å²) in [5, 5.41) is 13.7. The molecule has 1 aliphatic rings. The Morgan fingerprint density at radius 2 is 2.11 bits per heavy atom. The first-order valence-corrected chi connectivity index (χ1v) is 7.79. The summed E-state index contributed by atoms with van der Waals surface area (Å²) >= 11 is 0. The molecule has 0 spiro atoms. The van der Waals surface area contributed by atoms with Gasteiger partial charge in [0.05, 0.1) is 6.04 Å². The largest absolute Gasteiger partial charge is 0.481 e. The molecule has 19 heavy (non-hydrogen) atoms. The van der Waals surface area contributed by atoms with E-state index in [2.05, 4.69) is 10.6 Å². The van der Waals surface area contributed by atoms with Crippen LogP contribution in [0.5, 0.6) is 0 Å². The van der Waals surface area contributed by atoms with Crippen LogP contribution in [0.25, 0.3) is 0 Å². The molecule has 1 rings (SSSR count). The molecule has 0 aliphatic carbocycles. The third-order valence-electron chi connectivity index (χ3n) is 2.96. The van der Waals surface area contributed by atoms with Crippen LogP contribution in [-0.2, 0) is 14.2 Å². The van der Waals surface area contributed by atoms with Gasteiger partial charge in [0.1, 0.15) is 5.78 Å². The zero-order chi connectivity index (χ0) is 14.5. The van der Waals surface area contributed by atoms with Gasteiger partial charge >= 0.3 is 13.6 Å². The van der Waals surface area contributed by atoms with Gasteiger partial charge in [-0.2, -0.15) is 0 Å². The summed E-state index contributed by atoms with van der Waals surface area (Å²) in [6.45, 7) is 0.706. The van der Waals surface area contributed by atoms with Gasteiger partial charge in [-0.3, -0.25) is 14.2 Å². The van der Waals surface area contributed by atoms with Crippen LogP contribution in [0.2, 0.25) is 0 Å². The van der Waals surface area contributed by atoms with E-state index in [0.717, 1.165) is 6.42 Å². The maximum Gasteiger partial charge on any atom is 0.347 e. The SMILES string of the molecule is O=C(O)CCCC(NC(=O)[C@@H]1CCCN1)P(=O)(O)O. The summed E-state index contributed by atoms with van der Waals surface area (Å²) in [4.78, 5) is 40.5. The maximum atomic E-state index is 11.8. The normalized spacial score (nSPS) is 21.1. The molecule has 0 saturated carbocycles. The summed E-state index contributed by atoms with van der Waals surface area (Å²) < 4.78 is 11.3. The second kappa shape index (κ2) is 7.00. The highest BCUT2D eigenvalue weighted by atomic mass is 31.2. The monoisotopic (exact) mass is 294 g/mol. The maximum absolute atomic E-state index is 11.8. The highest BCUT2D eigenvalue weighted by Crippen LogP contribution is 2.42. The molecule has 2 atom stereocenters. The first-order valence-electron chi connectivity index (χ1n) is 6.11. The fourth-order valence-corrected chi connectivity index (χ4v) is 2.76. The molecule has 5 N–H and O–H groups in total. The molecule has 1 heterocycles. The van der Waals surface area contributed by atoms with E-state index in [9.17, 15) is 14.2 Å². The highest BCUT2D eigenvalue weighted by Gasteiger charge is 2.32. The van der Waals surface area contributed by atoms with Crippen molar-refractivity contribution in [1.29, 1.82) is 0 Å². The molecule has 110 valence electrons. The minimum absolute atomic E-state index is 0.0605. The number of carbonyl (C=O) groups excluding carboxylic acids is 1. The molecule has 0 radical (unpaired) electrons. The third kappa shape index (κ3) is 5.69. The molecule has 1 aliphatic heterocycles. The molecule has 1 unspecified atom stereocenters. The molecule has 0 aromatic rings. The van der Waals surface area contributed by atoms with Crippen LogP contribution in [0.1, 0.15) is 32.1 Å². The van der Waals surface area contributed by atoms with E-state index in [1.165, 1.54) is 0 Å². The summed E-state index contributed by atoms with van der Waals surface area (Å²) in [6.07, 6.45) is 1.33. The molecule has 1 amide bonds. The number of carbonyl (C=O) groups is 2. The predicted molar refractivity (Wildman–Crippen MR) is 66.5 cm³/mol. The number of carboxylic acids is 1. The van der Waals surface area contributed by atoms with Gasteiger partial charge in [0.25, 0.3) is 0 Å². The Bertz CT molecular complexity index is 376. The molecular formula is C10H19N2O6P. The second-order valence-electron chi connectivity index (χ2n) is 4.55. The van der Waals surface area contributed by atoms with Crippen molar-refractivity contribution in [3.63, 3.8) is 0 Å².